The number of nitrogen functional groups attached to an aromatic ring is 1. The van der Waals surface area contributed by atoms with E-state index < -0.39 is 4.92 Å². The molecule has 0 saturated heterocycles. The van der Waals surface area contributed by atoms with Crippen LogP contribution in [0.15, 0.2) is 18.3 Å². The third-order valence-electron chi connectivity index (χ3n) is 2.02. The number of rotatable bonds is 1. The van der Waals surface area contributed by atoms with Crippen molar-refractivity contribution in [1.82, 2.24) is 9.97 Å². The molecule has 0 fully saturated rings. The van der Waals surface area contributed by atoms with E-state index in [9.17, 15) is 10.1 Å². The van der Waals surface area contributed by atoms with Gasteiger partial charge in [-0.1, -0.05) is 0 Å². The zero-order valence-corrected chi connectivity index (χ0v) is 7.97. The lowest BCUT2D eigenvalue weighted by Gasteiger charge is -2.01. The Morgan fingerprint density at radius 1 is 1.47 bits per heavy atom. The standard InChI is InChI=1S/C9H8N4O2/c1-5-4-11-7-3-2-6(10)9(13(14)15)8(7)12-5/h2-4H,10H2,1H3. The predicted molar refractivity (Wildman–Crippen MR) is 55.3 cm³/mol. The van der Waals surface area contributed by atoms with E-state index in [-0.39, 0.29) is 16.9 Å². The second-order valence-corrected chi connectivity index (χ2v) is 3.14. The third kappa shape index (κ3) is 1.45. The number of benzene rings is 1. The van der Waals surface area contributed by atoms with Gasteiger partial charge < -0.3 is 5.73 Å². The van der Waals surface area contributed by atoms with Crippen molar-refractivity contribution in [2.45, 2.75) is 6.92 Å². The molecule has 0 aliphatic carbocycles. The van der Waals surface area contributed by atoms with Crippen LogP contribution in [0.3, 0.4) is 0 Å². The smallest absolute Gasteiger partial charge is 0.319 e. The molecule has 0 unspecified atom stereocenters. The Morgan fingerprint density at radius 2 is 2.20 bits per heavy atom. The number of anilines is 1. The Hall–Kier alpha value is -2.24. The third-order valence-corrected chi connectivity index (χ3v) is 2.02. The van der Waals surface area contributed by atoms with Gasteiger partial charge in [0.2, 0.25) is 0 Å². The van der Waals surface area contributed by atoms with Crippen molar-refractivity contribution in [3.05, 3.63) is 34.1 Å². The summed E-state index contributed by atoms with van der Waals surface area (Å²) in [5.74, 6) is 0. The lowest BCUT2D eigenvalue weighted by Crippen LogP contribution is -1.99. The first-order valence-electron chi connectivity index (χ1n) is 4.26. The number of nitro groups is 1. The fourth-order valence-corrected chi connectivity index (χ4v) is 1.36. The number of aryl methyl sites for hydroxylation is 1. The minimum absolute atomic E-state index is 0.104. The molecule has 6 heteroatoms. The number of nitrogens with zero attached hydrogens (tertiary/aromatic N) is 3. The van der Waals surface area contributed by atoms with Gasteiger partial charge in [-0.3, -0.25) is 15.1 Å². The quantitative estimate of drug-likeness (QED) is 0.430. The number of hydrogen-bond donors (Lipinski definition) is 1. The van der Waals surface area contributed by atoms with Crippen LogP contribution in [0, 0.1) is 17.0 Å². The average Bonchev–Trinajstić information content (AvgIpc) is 2.16. The average molecular weight is 204 g/mol. The molecule has 0 saturated carbocycles. The van der Waals surface area contributed by atoms with Crippen LogP contribution in [0.25, 0.3) is 11.0 Å². The Balaban J connectivity index is 2.90. The molecule has 1 aromatic heterocycles. The van der Waals surface area contributed by atoms with Gasteiger partial charge in [0.15, 0.2) is 5.52 Å². The topological polar surface area (TPSA) is 94.9 Å². The molecule has 0 spiro atoms. The zero-order chi connectivity index (χ0) is 11.0. The predicted octanol–water partition coefficient (Wildman–Crippen LogP) is 1.43. The summed E-state index contributed by atoms with van der Waals surface area (Å²) in [6, 6.07) is 3.08. The molecule has 1 aromatic carbocycles. The zero-order valence-electron chi connectivity index (χ0n) is 7.97. The van der Waals surface area contributed by atoms with Crippen molar-refractivity contribution in [3.63, 3.8) is 0 Å². The van der Waals surface area contributed by atoms with Crippen LogP contribution in [-0.4, -0.2) is 14.9 Å². The molecular weight excluding hydrogens is 196 g/mol. The summed E-state index contributed by atoms with van der Waals surface area (Å²) >= 11 is 0. The first kappa shape index (κ1) is 9.32. The molecule has 1 heterocycles. The van der Waals surface area contributed by atoms with Gasteiger partial charge in [0.25, 0.3) is 0 Å². The first-order valence-corrected chi connectivity index (χ1v) is 4.26. The lowest BCUT2D eigenvalue weighted by atomic mass is 10.2. The van der Waals surface area contributed by atoms with E-state index in [1.54, 1.807) is 19.2 Å². The Labute approximate surface area is 84.9 Å². The lowest BCUT2D eigenvalue weighted by molar-refractivity contribution is -0.382. The van der Waals surface area contributed by atoms with Crippen LogP contribution in [0.1, 0.15) is 5.69 Å². The Kier molecular flexibility index (Phi) is 1.96. The summed E-state index contributed by atoms with van der Waals surface area (Å²) in [5, 5.41) is 10.8. The molecule has 0 atom stereocenters. The van der Waals surface area contributed by atoms with Crippen molar-refractivity contribution in [1.29, 1.82) is 0 Å². The molecule has 0 bridgehead atoms. The van der Waals surface area contributed by atoms with Gasteiger partial charge in [-0.2, -0.15) is 0 Å². The molecule has 15 heavy (non-hydrogen) atoms. The van der Waals surface area contributed by atoms with Gasteiger partial charge >= 0.3 is 5.69 Å². The van der Waals surface area contributed by atoms with Crippen LogP contribution in [0.2, 0.25) is 0 Å². The normalized spacial score (nSPS) is 10.5. The molecular formula is C9H8N4O2. The van der Waals surface area contributed by atoms with Crippen LogP contribution in [0.5, 0.6) is 0 Å². The summed E-state index contributed by atoms with van der Waals surface area (Å²) in [7, 11) is 0. The molecule has 2 aromatic rings. The number of aromatic nitrogens is 2. The fourth-order valence-electron chi connectivity index (χ4n) is 1.36. The molecule has 76 valence electrons. The Morgan fingerprint density at radius 3 is 2.87 bits per heavy atom. The fraction of sp³-hybridized carbons (Fsp3) is 0.111. The maximum atomic E-state index is 10.8. The van der Waals surface area contributed by atoms with Crippen molar-refractivity contribution in [2.24, 2.45) is 0 Å². The van der Waals surface area contributed by atoms with Crippen molar-refractivity contribution in [2.75, 3.05) is 5.73 Å². The van der Waals surface area contributed by atoms with E-state index in [1.165, 1.54) is 6.07 Å². The van der Waals surface area contributed by atoms with Gasteiger partial charge in [0, 0.05) is 6.20 Å². The highest BCUT2D eigenvalue weighted by atomic mass is 16.6. The molecule has 2 rings (SSSR count). The maximum absolute atomic E-state index is 10.8. The monoisotopic (exact) mass is 204 g/mol. The number of fused-ring (bicyclic) bond motifs is 1. The van der Waals surface area contributed by atoms with Gasteiger partial charge in [-0.15, -0.1) is 0 Å². The molecule has 2 N–H and O–H groups in total. The summed E-state index contributed by atoms with van der Waals surface area (Å²) in [6.07, 6.45) is 1.56. The summed E-state index contributed by atoms with van der Waals surface area (Å²) in [4.78, 5) is 18.4. The van der Waals surface area contributed by atoms with E-state index in [4.69, 9.17) is 5.73 Å². The second kappa shape index (κ2) is 3.16. The van der Waals surface area contributed by atoms with Crippen molar-refractivity contribution in [3.8, 4) is 0 Å². The number of nitro benzene ring substituents is 1. The molecule has 0 aliphatic rings. The second-order valence-electron chi connectivity index (χ2n) is 3.14. The molecule has 0 radical (unpaired) electrons. The molecule has 0 amide bonds. The SMILES string of the molecule is Cc1cnc2ccc(N)c([N+](=O)[O-])c2n1. The van der Waals surface area contributed by atoms with E-state index in [0.29, 0.717) is 11.2 Å². The molecule has 6 nitrogen and oxygen atoms in total. The van der Waals surface area contributed by atoms with E-state index >= 15 is 0 Å². The van der Waals surface area contributed by atoms with Crippen molar-refractivity contribution >= 4 is 22.4 Å². The van der Waals surface area contributed by atoms with Crippen molar-refractivity contribution < 1.29 is 4.92 Å². The number of hydrogen-bond acceptors (Lipinski definition) is 5. The van der Waals surface area contributed by atoms with E-state index in [0.717, 1.165) is 0 Å². The van der Waals surface area contributed by atoms with Gasteiger partial charge in [-0.25, -0.2) is 4.98 Å². The van der Waals surface area contributed by atoms with Crippen LogP contribution >= 0.6 is 0 Å². The largest absolute Gasteiger partial charge is 0.393 e. The van der Waals surface area contributed by atoms with Gasteiger partial charge in [-0.05, 0) is 19.1 Å². The minimum atomic E-state index is -0.536. The van der Waals surface area contributed by atoms with Crippen LogP contribution in [-0.2, 0) is 0 Å². The van der Waals surface area contributed by atoms with Gasteiger partial charge in [0.1, 0.15) is 5.69 Å². The van der Waals surface area contributed by atoms with Gasteiger partial charge in [0.05, 0.1) is 16.1 Å². The highest BCUT2D eigenvalue weighted by Crippen LogP contribution is 2.28. The molecule has 0 aliphatic heterocycles. The van der Waals surface area contributed by atoms with Crippen LogP contribution < -0.4 is 5.73 Å². The van der Waals surface area contributed by atoms with E-state index in [1.807, 2.05) is 0 Å². The van der Waals surface area contributed by atoms with E-state index in [2.05, 4.69) is 9.97 Å². The highest BCUT2D eigenvalue weighted by molar-refractivity contribution is 5.90. The summed E-state index contributed by atoms with van der Waals surface area (Å²) in [5.41, 5.74) is 6.79. The summed E-state index contributed by atoms with van der Waals surface area (Å²) < 4.78 is 0. The first-order chi connectivity index (χ1) is 7.09. The minimum Gasteiger partial charge on any atom is -0.393 e. The summed E-state index contributed by atoms with van der Waals surface area (Å²) in [6.45, 7) is 1.72. The highest BCUT2D eigenvalue weighted by Gasteiger charge is 2.18. The maximum Gasteiger partial charge on any atom is 0.319 e. The Bertz CT molecular complexity index is 548. The number of nitrogens with two attached hydrogens (primary N) is 1. The van der Waals surface area contributed by atoms with Crippen LogP contribution in [0.4, 0.5) is 11.4 Å².